The van der Waals surface area contributed by atoms with E-state index in [1.807, 2.05) is 6.92 Å². The molecule has 0 aliphatic heterocycles. The molecule has 356 valence electrons. The average molecular weight is 933 g/mol. The number of primary amides is 2. The lowest BCUT2D eigenvalue weighted by Crippen LogP contribution is -2.38. The van der Waals surface area contributed by atoms with Gasteiger partial charge in [0.25, 0.3) is 11.8 Å². The van der Waals surface area contributed by atoms with Gasteiger partial charge in [-0.15, -0.1) is 0 Å². The number of benzene rings is 2. The van der Waals surface area contributed by atoms with Crippen molar-refractivity contribution < 1.29 is 43.0 Å². The van der Waals surface area contributed by atoms with Gasteiger partial charge in [0, 0.05) is 70.7 Å². The van der Waals surface area contributed by atoms with Crippen LogP contribution in [0.4, 0.5) is 11.9 Å². The topological polar surface area (TPSA) is 300 Å². The number of hydrogen-bond donors (Lipinski definition) is 4. The first kappa shape index (κ1) is 48.9. The van der Waals surface area contributed by atoms with Gasteiger partial charge < -0.3 is 35.0 Å². The molecule has 0 atom stereocenters. The van der Waals surface area contributed by atoms with Crippen LogP contribution in [0.1, 0.15) is 87.3 Å². The van der Waals surface area contributed by atoms with E-state index in [-0.39, 0.29) is 103 Å². The van der Waals surface area contributed by atoms with Gasteiger partial charge in [0.1, 0.15) is 28.2 Å². The summed E-state index contributed by atoms with van der Waals surface area (Å²) in [6, 6.07) is 9.05. The zero-order valence-electron chi connectivity index (χ0n) is 38.4. The lowest BCUT2D eigenvalue weighted by atomic mass is 10.1. The Balaban J connectivity index is 1.31. The lowest BCUT2D eigenvalue weighted by Gasteiger charge is -2.21. The van der Waals surface area contributed by atoms with Crippen molar-refractivity contribution in [2.24, 2.45) is 11.5 Å². The summed E-state index contributed by atoms with van der Waals surface area (Å²) in [7, 11) is 3.03. The Morgan fingerprint density at radius 2 is 1.38 bits per heavy atom. The molecule has 0 aliphatic carbocycles. The van der Waals surface area contributed by atoms with E-state index in [1.54, 1.807) is 52.9 Å². The Labute approximate surface area is 389 Å². The number of anilines is 2. The number of allylic oxidation sites excluding steroid dienone is 2. The molecule has 68 heavy (non-hydrogen) atoms. The molecule has 23 heteroatoms. The second-order valence-corrected chi connectivity index (χ2v) is 15.4. The van der Waals surface area contributed by atoms with Crippen LogP contribution in [0.15, 0.2) is 60.9 Å². The van der Waals surface area contributed by atoms with E-state index in [2.05, 4.69) is 35.9 Å². The van der Waals surface area contributed by atoms with Crippen molar-refractivity contribution in [2.45, 2.75) is 66.6 Å². The first-order valence-electron chi connectivity index (χ1n) is 21.5. The second kappa shape index (κ2) is 21.7. The first-order valence-corrected chi connectivity index (χ1v) is 21.5. The van der Waals surface area contributed by atoms with Crippen LogP contribution in [0.5, 0.6) is 11.5 Å². The molecule has 0 radical (unpaired) electrons. The summed E-state index contributed by atoms with van der Waals surface area (Å²) < 4.78 is 16.9. The zero-order chi connectivity index (χ0) is 49.2. The number of carbonyl (C=O) groups is 7. The Hall–Kier alpha value is -8.50. The number of nitrogens with two attached hydrogens (primary N) is 2. The van der Waals surface area contributed by atoms with Gasteiger partial charge >= 0.3 is 0 Å². The van der Waals surface area contributed by atoms with E-state index < -0.39 is 29.5 Å². The largest absolute Gasteiger partial charge is 0.494 e. The normalized spacial score (nSPS) is 11.2. The maximum Gasteiger partial charge on any atom is 0.276 e. The molecule has 0 saturated carbocycles. The van der Waals surface area contributed by atoms with Crippen molar-refractivity contribution in [1.82, 2.24) is 48.9 Å². The molecular formula is C45H52N14O9. The van der Waals surface area contributed by atoms with Crippen LogP contribution in [0, 0.1) is 6.92 Å². The Morgan fingerprint density at radius 3 is 1.93 bits per heavy atom. The van der Waals surface area contributed by atoms with Gasteiger partial charge in [-0.1, -0.05) is 19.1 Å². The van der Waals surface area contributed by atoms with E-state index in [0.717, 1.165) is 4.90 Å². The quantitative estimate of drug-likeness (QED) is 0.0596. The number of fused-ring (bicyclic) bond motifs is 2. The van der Waals surface area contributed by atoms with E-state index in [0.29, 0.717) is 40.9 Å². The third-order valence-electron chi connectivity index (χ3n) is 10.7. The fourth-order valence-electron chi connectivity index (χ4n) is 7.31. The monoisotopic (exact) mass is 932 g/mol. The Morgan fingerprint density at radius 1 is 0.779 bits per heavy atom. The number of nitrogens with zero attached hydrogens (tertiary/aromatic N) is 10. The van der Waals surface area contributed by atoms with Crippen LogP contribution in [-0.4, -0.2) is 124 Å². The summed E-state index contributed by atoms with van der Waals surface area (Å²) in [4.78, 5) is 101. The number of carbonyl (C=O) groups excluding carboxylic acids is 7. The molecule has 6 N–H and O–H groups in total. The van der Waals surface area contributed by atoms with Gasteiger partial charge in [0.05, 0.1) is 48.4 Å². The standard InChI is InChI=1S/C45H52N14O9/c1-7-36(61)56(27(4)60)18-13-37(62)55(5)15-11-19-68-35-24-30(41(47)64)22-32-39(35)58(44(51-32)52-42(65)28-12-14-48-49-25-28)17-10-9-16-57-38-31(21-29(40(46)63)23-34(38)67-6)50-45(57)53-43(66)33-20-26(3)54-59(33)8-2/h9-10,12,14,20-25H,7-8,11,13,15-19H2,1-6H3,(H2,46,63)(H2,47,64)(H,50,53,66)(H,51,52,65)/b10-9+. The number of imidazole rings is 2. The molecule has 7 amide bonds. The maximum absolute atomic E-state index is 13.7. The van der Waals surface area contributed by atoms with Gasteiger partial charge in [-0.25, -0.2) is 9.97 Å². The highest BCUT2D eigenvalue weighted by molar-refractivity contribution is 6.06. The van der Waals surface area contributed by atoms with Crippen molar-refractivity contribution in [2.75, 3.05) is 44.5 Å². The maximum atomic E-state index is 13.7. The van der Waals surface area contributed by atoms with Gasteiger partial charge in [-0.05, 0) is 56.7 Å². The van der Waals surface area contributed by atoms with Gasteiger partial charge in [-0.3, -0.25) is 53.8 Å². The number of rotatable bonds is 21. The summed E-state index contributed by atoms with van der Waals surface area (Å²) in [6.07, 6.45) is 6.62. The minimum absolute atomic E-state index is 0.0386. The number of hydrogen-bond acceptors (Lipinski definition) is 14. The highest BCUT2D eigenvalue weighted by atomic mass is 16.5. The SMILES string of the molecule is CCC(=O)N(CCC(=O)N(C)CCCOc1cc(C(N)=O)cc2nc(NC(=O)c3ccnnc3)n(C/C=C/Cn3c(NC(=O)c4cc(C)nn4CC)nc4cc(C(N)=O)cc(OC)c43)c12)C(C)=O. The molecule has 0 bridgehead atoms. The minimum atomic E-state index is -0.755. The van der Waals surface area contributed by atoms with Crippen LogP contribution >= 0.6 is 0 Å². The van der Waals surface area contributed by atoms with Gasteiger partial charge in [-0.2, -0.15) is 15.3 Å². The Bertz CT molecular complexity index is 2940. The van der Waals surface area contributed by atoms with Gasteiger partial charge in [0.2, 0.25) is 41.4 Å². The van der Waals surface area contributed by atoms with E-state index in [9.17, 15) is 33.6 Å². The third-order valence-corrected chi connectivity index (χ3v) is 10.7. The molecule has 0 saturated heterocycles. The van der Waals surface area contributed by atoms with Gasteiger partial charge in [0.15, 0.2) is 0 Å². The number of ether oxygens (including phenoxy) is 2. The molecule has 0 spiro atoms. The van der Waals surface area contributed by atoms with Crippen molar-refractivity contribution >= 4 is 75.3 Å². The number of amides is 7. The lowest BCUT2D eigenvalue weighted by molar-refractivity contribution is -0.144. The van der Waals surface area contributed by atoms with Crippen LogP contribution < -0.4 is 31.6 Å². The summed E-state index contributed by atoms with van der Waals surface area (Å²) >= 11 is 0. The number of methoxy groups -OCH3 is 1. The number of aryl methyl sites for hydroxylation is 2. The highest BCUT2D eigenvalue weighted by Gasteiger charge is 2.24. The molecule has 4 heterocycles. The molecule has 0 unspecified atom stereocenters. The molecule has 6 rings (SSSR count). The zero-order valence-corrected chi connectivity index (χ0v) is 38.4. The summed E-state index contributed by atoms with van der Waals surface area (Å²) in [5.41, 5.74) is 14.2. The minimum Gasteiger partial charge on any atom is -0.494 e. The molecule has 0 aliphatic rings. The third kappa shape index (κ3) is 11.1. The smallest absolute Gasteiger partial charge is 0.276 e. The predicted molar refractivity (Wildman–Crippen MR) is 248 cm³/mol. The highest BCUT2D eigenvalue weighted by Crippen LogP contribution is 2.33. The fourth-order valence-corrected chi connectivity index (χ4v) is 7.31. The van der Waals surface area contributed by atoms with Crippen LogP contribution in [0.25, 0.3) is 22.1 Å². The molecule has 23 nitrogen and oxygen atoms in total. The molecular weight excluding hydrogens is 881 g/mol. The number of aromatic nitrogens is 8. The summed E-state index contributed by atoms with van der Waals surface area (Å²) in [5, 5.41) is 17.6. The van der Waals surface area contributed by atoms with Crippen molar-refractivity contribution in [3.8, 4) is 11.5 Å². The molecule has 0 fully saturated rings. The number of nitrogens with one attached hydrogen (secondary N) is 2. The summed E-state index contributed by atoms with van der Waals surface area (Å²) in [5.74, 6) is -2.88. The van der Waals surface area contributed by atoms with Crippen molar-refractivity contribution in [1.29, 1.82) is 0 Å². The van der Waals surface area contributed by atoms with E-state index in [4.69, 9.17) is 20.9 Å². The fraction of sp³-hybridized carbons (Fsp3) is 0.333. The number of imide groups is 1. The molecule has 6 aromatic rings. The van der Waals surface area contributed by atoms with Crippen LogP contribution in [0.3, 0.4) is 0 Å². The Kier molecular flexibility index (Phi) is 15.6. The second-order valence-electron chi connectivity index (χ2n) is 15.4. The van der Waals surface area contributed by atoms with E-state index >= 15 is 0 Å². The van der Waals surface area contributed by atoms with E-state index in [1.165, 1.54) is 61.7 Å². The van der Waals surface area contributed by atoms with Crippen molar-refractivity contribution in [3.63, 3.8) is 0 Å². The van der Waals surface area contributed by atoms with Crippen molar-refractivity contribution in [3.05, 3.63) is 89.0 Å². The first-order chi connectivity index (χ1) is 32.5. The molecule has 4 aromatic heterocycles. The van der Waals surface area contributed by atoms with Crippen LogP contribution in [0.2, 0.25) is 0 Å². The average Bonchev–Trinajstić information content (AvgIpc) is 4.00. The predicted octanol–water partition coefficient (Wildman–Crippen LogP) is 3.07. The van der Waals surface area contributed by atoms with Crippen LogP contribution in [-0.2, 0) is 34.0 Å². The molecule has 2 aromatic carbocycles. The summed E-state index contributed by atoms with van der Waals surface area (Å²) in [6.45, 7) is 7.44.